The average Bonchev–Trinajstić information content (AvgIpc) is 2.98. The van der Waals surface area contributed by atoms with Gasteiger partial charge in [0.25, 0.3) is 0 Å². The number of fused-ring (bicyclic) bond motifs is 1. The van der Waals surface area contributed by atoms with E-state index < -0.39 is 0 Å². The summed E-state index contributed by atoms with van der Waals surface area (Å²) in [5.74, 6) is 0.619. The third kappa shape index (κ3) is 4.42. The lowest BCUT2D eigenvalue weighted by Crippen LogP contribution is -2.38. The molecule has 2 aromatic rings. The van der Waals surface area contributed by atoms with Crippen molar-refractivity contribution in [2.24, 2.45) is 5.92 Å². The first-order valence-corrected chi connectivity index (χ1v) is 9.56. The lowest BCUT2D eigenvalue weighted by atomic mass is 9.95. The van der Waals surface area contributed by atoms with Gasteiger partial charge >= 0.3 is 0 Å². The average molecular weight is 356 g/mol. The Morgan fingerprint density at radius 1 is 1.19 bits per heavy atom. The molecule has 3 rings (SSSR count). The Morgan fingerprint density at radius 3 is 2.65 bits per heavy atom. The van der Waals surface area contributed by atoms with Gasteiger partial charge in [0.05, 0.1) is 17.6 Å². The highest BCUT2D eigenvalue weighted by Gasteiger charge is 2.18. The highest BCUT2D eigenvalue weighted by atomic mass is 16.2. The molecule has 1 saturated carbocycles. The summed E-state index contributed by atoms with van der Waals surface area (Å²) >= 11 is 0. The van der Waals surface area contributed by atoms with Crippen molar-refractivity contribution in [2.45, 2.75) is 65.1 Å². The van der Waals surface area contributed by atoms with Gasteiger partial charge in [-0.3, -0.25) is 9.59 Å². The molecule has 26 heavy (non-hydrogen) atoms. The molecule has 0 unspecified atom stereocenters. The molecule has 0 aliphatic heterocycles. The second-order valence-corrected chi connectivity index (χ2v) is 7.38. The van der Waals surface area contributed by atoms with Crippen LogP contribution >= 0.6 is 0 Å². The number of carbonyl (C=O) groups is 2. The van der Waals surface area contributed by atoms with Crippen LogP contribution in [0.3, 0.4) is 0 Å². The van der Waals surface area contributed by atoms with Gasteiger partial charge < -0.3 is 15.2 Å². The molecule has 0 spiro atoms. The Kier molecular flexibility index (Phi) is 5.91. The van der Waals surface area contributed by atoms with Crippen LogP contribution in [0.4, 0.5) is 0 Å². The standard InChI is InChI=1S/C20H28N4O2/c1-14(2)20(26)21-12-18-23-16-10-6-7-11-17(16)24(18)13-19(25)22-15-8-4-3-5-9-15/h6-7,10-11,14-15H,3-5,8-9,12-13H2,1-2H3,(H,21,26)(H,22,25). The number of nitrogens with one attached hydrogen (secondary N) is 2. The van der Waals surface area contributed by atoms with Gasteiger partial charge in [0, 0.05) is 12.0 Å². The monoisotopic (exact) mass is 356 g/mol. The third-order valence-electron chi connectivity index (χ3n) is 4.95. The van der Waals surface area contributed by atoms with Gasteiger partial charge in [-0.1, -0.05) is 45.2 Å². The van der Waals surface area contributed by atoms with Gasteiger partial charge in [-0.2, -0.15) is 0 Å². The van der Waals surface area contributed by atoms with E-state index in [9.17, 15) is 9.59 Å². The highest BCUT2D eigenvalue weighted by molar-refractivity contribution is 5.81. The summed E-state index contributed by atoms with van der Waals surface area (Å²) in [6, 6.07) is 8.05. The molecular formula is C20H28N4O2. The Bertz CT molecular complexity index is 775. The van der Waals surface area contributed by atoms with E-state index in [0.29, 0.717) is 12.4 Å². The highest BCUT2D eigenvalue weighted by Crippen LogP contribution is 2.19. The first-order chi connectivity index (χ1) is 12.5. The Morgan fingerprint density at radius 2 is 1.92 bits per heavy atom. The van der Waals surface area contributed by atoms with Gasteiger partial charge in [0.15, 0.2) is 0 Å². The number of hydrogen-bond acceptors (Lipinski definition) is 3. The van der Waals surface area contributed by atoms with Crippen LogP contribution in [0.15, 0.2) is 24.3 Å². The molecule has 1 aliphatic rings. The Labute approximate surface area is 154 Å². The summed E-state index contributed by atoms with van der Waals surface area (Å²) in [5, 5.41) is 6.06. The summed E-state index contributed by atoms with van der Waals surface area (Å²) in [7, 11) is 0. The van der Waals surface area contributed by atoms with Crippen molar-refractivity contribution in [3.63, 3.8) is 0 Å². The van der Waals surface area contributed by atoms with Crippen LogP contribution in [-0.2, 0) is 22.7 Å². The second-order valence-electron chi connectivity index (χ2n) is 7.38. The zero-order chi connectivity index (χ0) is 18.5. The summed E-state index contributed by atoms with van der Waals surface area (Å²) in [4.78, 5) is 29.1. The van der Waals surface area contributed by atoms with E-state index in [1.165, 1.54) is 19.3 Å². The Hall–Kier alpha value is -2.37. The maximum Gasteiger partial charge on any atom is 0.240 e. The van der Waals surface area contributed by atoms with E-state index >= 15 is 0 Å². The number of amides is 2. The summed E-state index contributed by atoms with van der Waals surface area (Å²) in [6.07, 6.45) is 5.76. The van der Waals surface area contributed by atoms with Crippen molar-refractivity contribution in [3.8, 4) is 0 Å². The van der Waals surface area contributed by atoms with E-state index in [1.807, 2.05) is 42.7 Å². The van der Waals surface area contributed by atoms with E-state index in [0.717, 1.165) is 23.9 Å². The zero-order valence-corrected chi connectivity index (χ0v) is 15.6. The van der Waals surface area contributed by atoms with Crippen LogP contribution in [-0.4, -0.2) is 27.4 Å². The molecular weight excluding hydrogens is 328 g/mol. The molecule has 0 bridgehead atoms. The number of hydrogen-bond donors (Lipinski definition) is 2. The number of benzene rings is 1. The van der Waals surface area contributed by atoms with Gasteiger partial charge in [0.1, 0.15) is 12.4 Å². The van der Waals surface area contributed by atoms with Gasteiger partial charge in [-0.05, 0) is 25.0 Å². The van der Waals surface area contributed by atoms with E-state index in [4.69, 9.17) is 0 Å². The quantitative estimate of drug-likeness (QED) is 0.836. The largest absolute Gasteiger partial charge is 0.352 e. The lowest BCUT2D eigenvalue weighted by Gasteiger charge is -2.23. The summed E-state index contributed by atoms with van der Waals surface area (Å²) in [5.41, 5.74) is 1.76. The summed E-state index contributed by atoms with van der Waals surface area (Å²) < 4.78 is 1.91. The minimum Gasteiger partial charge on any atom is -0.352 e. The maximum absolute atomic E-state index is 12.6. The van der Waals surface area contributed by atoms with Crippen molar-refractivity contribution < 1.29 is 9.59 Å². The molecule has 6 nitrogen and oxygen atoms in total. The van der Waals surface area contributed by atoms with Crippen LogP contribution in [0.1, 0.15) is 51.8 Å². The number of carbonyl (C=O) groups excluding carboxylic acids is 2. The van der Waals surface area contributed by atoms with Crippen molar-refractivity contribution >= 4 is 22.8 Å². The molecule has 1 heterocycles. The SMILES string of the molecule is CC(C)C(=O)NCc1nc2ccccc2n1CC(=O)NC1CCCCC1. The summed E-state index contributed by atoms with van der Waals surface area (Å²) in [6.45, 7) is 4.26. The van der Waals surface area contributed by atoms with Crippen LogP contribution in [0.5, 0.6) is 0 Å². The molecule has 0 radical (unpaired) electrons. The van der Waals surface area contributed by atoms with E-state index in [-0.39, 0.29) is 30.3 Å². The number of nitrogens with zero attached hydrogens (tertiary/aromatic N) is 2. The van der Waals surface area contributed by atoms with Crippen molar-refractivity contribution in [1.29, 1.82) is 0 Å². The predicted octanol–water partition coefficient (Wildman–Crippen LogP) is 2.76. The van der Waals surface area contributed by atoms with Gasteiger partial charge in [0.2, 0.25) is 11.8 Å². The molecule has 140 valence electrons. The molecule has 2 N–H and O–H groups in total. The van der Waals surface area contributed by atoms with E-state index in [2.05, 4.69) is 15.6 Å². The number of aromatic nitrogens is 2. The molecule has 1 aromatic heterocycles. The number of imidazole rings is 1. The van der Waals surface area contributed by atoms with Crippen molar-refractivity contribution in [1.82, 2.24) is 20.2 Å². The van der Waals surface area contributed by atoms with E-state index in [1.54, 1.807) is 0 Å². The van der Waals surface area contributed by atoms with Crippen molar-refractivity contribution in [3.05, 3.63) is 30.1 Å². The molecule has 2 amide bonds. The normalized spacial score (nSPS) is 15.3. The first-order valence-electron chi connectivity index (χ1n) is 9.56. The molecule has 1 aliphatic carbocycles. The fraction of sp³-hybridized carbons (Fsp3) is 0.550. The minimum absolute atomic E-state index is 0.0106. The molecule has 1 fully saturated rings. The first kappa shape index (κ1) is 18.4. The molecule has 1 aromatic carbocycles. The third-order valence-corrected chi connectivity index (χ3v) is 4.95. The van der Waals surface area contributed by atoms with Crippen LogP contribution in [0, 0.1) is 5.92 Å². The lowest BCUT2D eigenvalue weighted by molar-refractivity contribution is -0.124. The van der Waals surface area contributed by atoms with Gasteiger partial charge in [-0.25, -0.2) is 4.98 Å². The smallest absolute Gasteiger partial charge is 0.240 e. The topological polar surface area (TPSA) is 76.0 Å². The minimum atomic E-state index is -0.0811. The number of rotatable bonds is 6. The number of para-hydroxylation sites is 2. The zero-order valence-electron chi connectivity index (χ0n) is 15.6. The Balaban J connectivity index is 1.75. The maximum atomic E-state index is 12.6. The van der Waals surface area contributed by atoms with Crippen LogP contribution in [0.25, 0.3) is 11.0 Å². The van der Waals surface area contributed by atoms with Crippen LogP contribution in [0.2, 0.25) is 0 Å². The predicted molar refractivity (Wildman–Crippen MR) is 101 cm³/mol. The fourth-order valence-electron chi connectivity index (χ4n) is 3.47. The second kappa shape index (κ2) is 8.34. The van der Waals surface area contributed by atoms with Gasteiger partial charge in [-0.15, -0.1) is 0 Å². The molecule has 0 saturated heterocycles. The molecule has 0 atom stereocenters. The van der Waals surface area contributed by atoms with Crippen LogP contribution < -0.4 is 10.6 Å². The fourth-order valence-corrected chi connectivity index (χ4v) is 3.47. The molecule has 6 heteroatoms. The van der Waals surface area contributed by atoms with Crippen molar-refractivity contribution in [2.75, 3.05) is 0 Å².